The maximum absolute atomic E-state index is 13.2. The molecule has 0 N–H and O–H groups in total. The Bertz CT molecular complexity index is 833. The Labute approximate surface area is 160 Å². The molecular formula is C19H22F3N3OS. The van der Waals surface area contributed by atoms with Gasteiger partial charge >= 0.3 is 6.18 Å². The average molecular weight is 397 g/mol. The minimum absolute atomic E-state index is 0.0593. The summed E-state index contributed by atoms with van der Waals surface area (Å²) in [5.41, 5.74) is 0.224. The van der Waals surface area contributed by atoms with E-state index in [-0.39, 0.29) is 28.5 Å². The standard InChI is InChI=1S/C19H22F3N3OS/c1-11-7-6-8-12(2)25(11)17(26)13(3)27-16-14-9-4-5-10-15(14)23-18(24-16)19(20,21)22/h4-5,9-13H,6-8H2,1-3H3/t11-,12+,13-/m0/s1. The number of rotatable bonds is 3. The first-order valence-electron chi connectivity index (χ1n) is 9.01. The first-order chi connectivity index (χ1) is 12.7. The van der Waals surface area contributed by atoms with Crippen molar-refractivity contribution < 1.29 is 18.0 Å². The third-order valence-electron chi connectivity index (χ3n) is 4.91. The first kappa shape index (κ1) is 19.9. The molecule has 1 amide bonds. The molecule has 1 aromatic heterocycles. The van der Waals surface area contributed by atoms with Gasteiger partial charge in [-0.15, -0.1) is 0 Å². The molecule has 0 unspecified atom stereocenters. The van der Waals surface area contributed by atoms with Crippen molar-refractivity contribution in [1.29, 1.82) is 0 Å². The number of hydrogen-bond acceptors (Lipinski definition) is 4. The smallest absolute Gasteiger partial charge is 0.336 e. The van der Waals surface area contributed by atoms with Gasteiger partial charge < -0.3 is 4.90 Å². The molecule has 8 heteroatoms. The minimum Gasteiger partial charge on any atom is -0.336 e. The van der Waals surface area contributed by atoms with Gasteiger partial charge in [-0.25, -0.2) is 9.97 Å². The number of hydrogen-bond donors (Lipinski definition) is 0. The number of para-hydroxylation sites is 1. The highest BCUT2D eigenvalue weighted by Crippen LogP contribution is 2.35. The summed E-state index contributed by atoms with van der Waals surface area (Å²) in [6.45, 7) is 5.77. The van der Waals surface area contributed by atoms with Crippen LogP contribution in [-0.4, -0.2) is 38.1 Å². The van der Waals surface area contributed by atoms with E-state index in [4.69, 9.17) is 0 Å². The van der Waals surface area contributed by atoms with Crippen LogP contribution in [0.4, 0.5) is 13.2 Å². The zero-order valence-electron chi connectivity index (χ0n) is 15.5. The Hall–Kier alpha value is -1.83. The molecule has 27 heavy (non-hydrogen) atoms. The number of piperidine rings is 1. The summed E-state index contributed by atoms with van der Waals surface area (Å²) in [5, 5.41) is 0.174. The molecule has 2 heterocycles. The largest absolute Gasteiger partial charge is 0.451 e. The Morgan fingerprint density at radius 3 is 2.44 bits per heavy atom. The van der Waals surface area contributed by atoms with Gasteiger partial charge in [-0.3, -0.25) is 4.79 Å². The number of thioether (sulfide) groups is 1. The molecule has 4 nitrogen and oxygen atoms in total. The second kappa shape index (κ2) is 7.66. The summed E-state index contributed by atoms with van der Waals surface area (Å²) < 4.78 is 39.5. The van der Waals surface area contributed by atoms with Gasteiger partial charge in [0.25, 0.3) is 0 Å². The van der Waals surface area contributed by atoms with Crippen LogP contribution in [0.25, 0.3) is 10.9 Å². The van der Waals surface area contributed by atoms with Crippen LogP contribution in [-0.2, 0) is 11.0 Å². The summed E-state index contributed by atoms with van der Waals surface area (Å²) in [6.07, 6.45) is -1.66. The predicted molar refractivity (Wildman–Crippen MR) is 99.5 cm³/mol. The van der Waals surface area contributed by atoms with Crippen LogP contribution in [0.2, 0.25) is 0 Å². The topological polar surface area (TPSA) is 46.1 Å². The van der Waals surface area contributed by atoms with E-state index >= 15 is 0 Å². The highest BCUT2D eigenvalue weighted by Gasteiger charge is 2.37. The molecule has 3 rings (SSSR count). The van der Waals surface area contributed by atoms with Crippen LogP contribution in [0.3, 0.4) is 0 Å². The number of benzene rings is 1. The summed E-state index contributed by atoms with van der Waals surface area (Å²) in [6, 6.07) is 6.84. The highest BCUT2D eigenvalue weighted by molar-refractivity contribution is 8.00. The molecule has 0 saturated carbocycles. The monoisotopic (exact) mass is 397 g/mol. The molecule has 1 fully saturated rings. The second-order valence-electron chi connectivity index (χ2n) is 7.00. The second-order valence-corrected chi connectivity index (χ2v) is 8.33. The molecule has 1 aromatic carbocycles. The van der Waals surface area contributed by atoms with E-state index in [9.17, 15) is 18.0 Å². The van der Waals surface area contributed by atoms with Crippen molar-refractivity contribution in [1.82, 2.24) is 14.9 Å². The van der Waals surface area contributed by atoms with E-state index in [0.717, 1.165) is 31.0 Å². The number of nitrogens with zero attached hydrogens (tertiary/aromatic N) is 3. The van der Waals surface area contributed by atoms with Gasteiger partial charge in [0.05, 0.1) is 10.8 Å². The van der Waals surface area contributed by atoms with Crippen molar-refractivity contribution in [3.8, 4) is 0 Å². The number of alkyl halides is 3. The van der Waals surface area contributed by atoms with Crippen molar-refractivity contribution >= 4 is 28.6 Å². The van der Waals surface area contributed by atoms with Gasteiger partial charge in [0.1, 0.15) is 5.03 Å². The Kier molecular flexibility index (Phi) is 5.65. The highest BCUT2D eigenvalue weighted by atomic mass is 32.2. The van der Waals surface area contributed by atoms with E-state index in [2.05, 4.69) is 9.97 Å². The fourth-order valence-electron chi connectivity index (χ4n) is 3.55. The summed E-state index contributed by atoms with van der Waals surface area (Å²) >= 11 is 1.07. The van der Waals surface area contributed by atoms with Gasteiger partial charge in [0.15, 0.2) is 0 Å². The molecular weight excluding hydrogens is 375 g/mol. The quantitative estimate of drug-likeness (QED) is 0.545. The molecule has 0 aliphatic carbocycles. The van der Waals surface area contributed by atoms with Gasteiger partial charge in [-0.2, -0.15) is 13.2 Å². The molecule has 1 aliphatic rings. The van der Waals surface area contributed by atoms with Crippen LogP contribution in [0.15, 0.2) is 29.3 Å². The van der Waals surface area contributed by atoms with Gasteiger partial charge in [-0.05, 0) is 46.1 Å². The minimum atomic E-state index is -4.64. The fourth-order valence-corrected chi connectivity index (χ4v) is 4.54. The number of likely N-dealkylation sites (tertiary alicyclic amines) is 1. The number of carbonyl (C=O) groups excluding carboxylic acids is 1. The zero-order valence-corrected chi connectivity index (χ0v) is 16.3. The molecule has 3 atom stereocenters. The van der Waals surface area contributed by atoms with E-state index in [0.29, 0.717) is 5.39 Å². The molecule has 0 bridgehead atoms. The molecule has 0 radical (unpaired) electrons. The summed E-state index contributed by atoms with van der Waals surface area (Å²) in [7, 11) is 0. The van der Waals surface area contributed by atoms with Crippen LogP contribution >= 0.6 is 11.8 Å². The van der Waals surface area contributed by atoms with Crippen LogP contribution in [0.5, 0.6) is 0 Å². The van der Waals surface area contributed by atoms with E-state index in [1.807, 2.05) is 18.7 Å². The van der Waals surface area contributed by atoms with Crippen molar-refractivity contribution in [3.63, 3.8) is 0 Å². The third kappa shape index (κ3) is 4.20. The van der Waals surface area contributed by atoms with Crippen molar-refractivity contribution in [2.75, 3.05) is 0 Å². The van der Waals surface area contributed by atoms with Gasteiger partial charge in [0.2, 0.25) is 11.7 Å². The molecule has 2 aromatic rings. The van der Waals surface area contributed by atoms with Gasteiger partial charge in [0, 0.05) is 17.5 Å². The number of halogens is 3. The first-order valence-corrected chi connectivity index (χ1v) is 9.89. The third-order valence-corrected chi connectivity index (χ3v) is 6.00. The van der Waals surface area contributed by atoms with E-state index < -0.39 is 17.3 Å². The Morgan fingerprint density at radius 1 is 1.19 bits per heavy atom. The van der Waals surface area contributed by atoms with E-state index in [1.54, 1.807) is 25.1 Å². The van der Waals surface area contributed by atoms with Crippen molar-refractivity contribution in [2.24, 2.45) is 0 Å². The van der Waals surface area contributed by atoms with Gasteiger partial charge in [-0.1, -0.05) is 30.0 Å². The maximum Gasteiger partial charge on any atom is 0.451 e. The van der Waals surface area contributed by atoms with Crippen molar-refractivity contribution in [3.05, 3.63) is 30.1 Å². The van der Waals surface area contributed by atoms with Crippen LogP contribution < -0.4 is 0 Å². The maximum atomic E-state index is 13.2. The Balaban J connectivity index is 1.92. The SMILES string of the molecule is C[C@H](Sc1nc(C(F)(F)F)nc2ccccc12)C(=O)N1[C@H](C)CCC[C@@H]1C. The molecule has 1 saturated heterocycles. The number of fused-ring (bicyclic) bond motifs is 1. The van der Waals surface area contributed by atoms with E-state index in [1.165, 1.54) is 6.07 Å². The number of amides is 1. The molecule has 146 valence electrons. The zero-order chi connectivity index (χ0) is 19.8. The Morgan fingerprint density at radius 2 is 1.81 bits per heavy atom. The lowest BCUT2D eigenvalue weighted by molar-refractivity contribution is -0.145. The summed E-state index contributed by atoms with van der Waals surface area (Å²) in [5.74, 6) is -1.24. The lowest BCUT2D eigenvalue weighted by Gasteiger charge is -2.40. The normalized spacial score (nSPS) is 22.1. The number of carbonyl (C=O) groups is 1. The molecule has 0 spiro atoms. The van der Waals surface area contributed by atoms with Crippen LogP contribution in [0.1, 0.15) is 45.9 Å². The lowest BCUT2D eigenvalue weighted by atomic mass is 9.97. The lowest BCUT2D eigenvalue weighted by Crippen LogP contribution is -2.50. The predicted octanol–water partition coefficient (Wildman–Crippen LogP) is 4.92. The van der Waals surface area contributed by atoms with Crippen LogP contribution in [0, 0.1) is 0 Å². The average Bonchev–Trinajstić information content (AvgIpc) is 2.60. The fraction of sp³-hybridized carbons (Fsp3) is 0.526. The number of aromatic nitrogens is 2. The summed E-state index contributed by atoms with van der Waals surface area (Å²) in [4.78, 5) is 22.2. The van der Waals surface area contributed by atoms with Crippen molar-refractivity contribution in [2.45, 2.75) is 68.6 Å². The molecule has 1 aliphatic heterocycles.